The predicted octanol–water partition coefficient (Wildman–Crippen LogP) is 2.74. The van der Waals surface area contributed by atoms with E-state index in [1.54, 1.807) is 13.0 Å². The predicted molar refractivity (Wildman–Crippen MR) is 113 cm³/mol. The maximum atomic E-state index is 12.6. The molecular formula is C23H27NO7. The van der Waals surface area contributed by atoms with Gasteiger partial charge in [-0.25, -0.2) is 9.59 Å². The molecule has 4 rings (SSSR count). The highest BCUT2D eigenvalue weighted by atomic mass is 16.5. The summed E-state index contributed by atoms with van der Waals surface area (Å²) in [6, 6.07) is 0.793. The van der Waals surface area contributed by atoms with Crippen molar-refractivity contribution in [3.05, 3.63) is 33.2 Å². The van der Waals surface area contributed by atoms with Crippen molar-refractivity contribution in [2.75, 3.05) is 6.61 Å². The Morgan fingerprint density at radius 1 is 1.23 bits per heavy atom. The number of aliphatic carboxylic acids is 1. The first-order chi connectivity index (χ1) is 14.7. The summed E-state index contributed by atoms with van der Waals surface area (Å²) < 4.78 is 17.7. The molecule has 2 N–H and O–H groups in total. The first-order valence-corrected chi connectivity index (χ1v) is 10.7. The van der Waals surface area contributed by atoms with Crippen molar-refractivity contribution in [2.24, 2.45) is 0 Å². The average molecular weight is 429 g/mol. The number of carboxylic acid groups (broad SMARTS) is 1. The minimum absolute atomic E-state index is 0.268. The lowest BCUT2D eigenvalue weighted by Crippen LogP contribution is -2.42. The van der Waals surface area contributed by atoms with Crippen molar-refractivity contribution in [3.8, 4) is 11.5 Å². The van der Waals surface area contributed by atoms with E-state index in [-0.39, 0.29) is 24.3 Å². The van der Waals surface area contributed by atoms with E-state index in [2.05, 4.69) is 5.32 Å². The number of hydrogen-bond acceptors (Lipinski definition) is 6. The van der Waals surface area contributed by atoms with Gasteiger partial charge >= 0.3 is 11.6 Å². The van der Waals surface area contributed by atoms with E-state index in [0.717, 1.165) is 30.4 Å². The fraction of sp³-hybridized carbons (Fsp3) is 0.522. The van der Waals surface area contributed by atoms with Crippen LogP contribution in [0.3, 0.4) is 0 Å². The van der Waals surface area contributed by atoms with Crippen molar-refractivity contribution in [3.63, 3.8) is 0 Å². The first-order valence-electron chi connectivity index (χ1n) is 10.7. The zero-order chi connectivity index (χ0) is 22.3. The van der Waals surface area contributed by atoms with E-state index in [1.165, 1.54) is 0 Å². The van der Waals surface area contributed by atoms with Crippen LogP contribution >= 0.6 is 0 Å². The molecule has 1 atom stereocenters. The lowest BCUT2D eigenvalue weighted by molar-refractivity contribution is -0.142. The van der Waals surface area contributed by atoms with Gasteiger partial charge in [-0.2, -0.15) is 0 Å². The summed E-state index contributed by atoms with van der Waals surface area (Å²) in [7, 11) is 0. The van der Waals surface area contributed by atoms with Crippen LogP contribution in [0.25, 0.3) is 11.0 Å². The highest BCUT2D eigenvalue weighted by Gasteiger charge is 2.32. The van der Waals surface area contributed by atoms with Crippen molar-refractivity contribution >= 4 is 22.8 Å². The molecule has 0 bridgehead atoms. The fourth-order valence-corrected chi connectivity index (χ4v) is 4.38. The highest BCUT2D eigenvalue weighted by Crippen LogP contribution is 2.44. The molecule has 0 radical (unpaired) electrons. The van der Waals surface area contributed by atoms with Crippen LogP contribution in [-0.4, -0.2) is 35.2 Å². The Labute approximate surface area is 179 Å². The number of benzene rings is 1. The monoisotopic (exact) mass is 429 g/mol. The number of fused-ring (bicyclic) bond motifs is 5. The Morgan fingerprint density at radius 3 is 2.68 bits per heavy atom. The maximum absolute atomic E-state index is 12.6. The second kappa shape index (κ2) is 7.90. The molecule has 1 aromatic heterocycles. The van der Waals surface area contributed by atoms with E-state index < -0.39 is 17.9 Å². The van der Waals surface area contributed by atoms with E-state index >= 15 is 0 Å². The van der Waals surface area contributed by atoms with Crippen LogP contribution in [0.1, 0.15) is 56.7 Å². The molecule has 8 nitrogen and oxygen atoms in total. The van der Waals surface area contributed by atoms with Crippen LogP contribution in [0.2, 0.25) is 0 Å². The van der Waals surface area contributed by atoms with Gasteiger partial charge in [0, 0.05) is 17.2 Å². The second-order valence-corrected chi connectivity index (χ2v) is 8.77. The molecule has 166 valence electrons. The summed E-state index contributed by atoms with van der Waals surface area (Å²) in [5.41, 5.74) is 2.18. The number of ether oxygens (including phenoxy) is 2. The SMILES string of the molecule is CC[C@@H](NC(=O)COc1cc2c(c3oc(=O)c4c(c13)CCC4)CCC(C)(C)O2)C(=O)O. The smallest absolute Gasteiger partial charge is 0.339 e. The summed E-state index contributed by atoms with van der Waals surface area (Å²) in [5.74, 6) is -0.634. The molecule has 0 saturated carbocycles. The van der Waals surface area contributed by atoms with Crippen LogP contribution in [-0.2, 0) is 28.9 Å². The Morgan fingerprint density at radius 2 is 1.97 bits per heavy atom. The molecule has 0 unspecified atom stereocenters. The fourth-order valence-electron chi connectivity index (χ4n) is 4.38. The molecule has 2 heterocycles. The summed E-state index contributed by atoms with van der Waals surface area (Å²) in [5, 5.41) is 12.3. The first kappa shape index (κ1) is 21.2. The third-order valence-corrected chi connectivity index (χ3v) is 6.03. The van der Waals surface area contributed by atoms with Gasteiger partial charge in [-0.1, -0.05) is 6.92 Å². The van der Waals surface area contributed by atoms with Gasteiger partial charge < -0.3 is 24.3 Å². The number of rotatable bonds is 6. The van der Waals surface area contributed by atoms with Crippen molar-refractivity contribution in [1.82, 2.24) is 5.32 Å². The maximum Gasteiger partial charge on any atom is 0.339 e. The van der Waals surface area contributed by atoms with Gasteiger partial charge in [0.1, 0.15) is 28.7 Å². The molecule has 0 spiro atoms. The van der Waals surface area contributed by atoms with E-state index in [0.29, 0.717) is 40.9 Å². The molecule has 2 aliphatic rings. The van der Waals surface area contributed by atoms with Crippen LogP contribution in [0.5, 0.6) is 11.5 Å². The Bertz CT molecular complexity index is 1120. The third kappa shape index (κ3) is 3.98. The number of carboxylic acids is 1. The molecule has 8 heteroatoms. The molecular weight excluding hydrogens is 402 g/mol. The van der Waals surface area contributed by atoms with Crippen LogP contribution in [0.15, 0.2) is 15.3 Å². The summed E-state index contributed by atoms with van der Waals surface area (Å²) in [4.78, 5) is 36.0. The van der Waals surface area contributed by atoms with Crippen molar-refractivity contribution in [2.45, 2.75) is 70.9 Å². The Balaban J connectivity index is 1.74. The third-order valence-electron chi connectivity index (χ3n) is 6.03. The quantitative estimate of drug-likeness (QED) is 0.679. The molecule has 2 aromatic rings. The Kier molecular flexibility index (Phi) is 5.41. The zero-order valence-corrected chi connectivity index (χ0v) is 18.0. The topological polar surface area (TPSA) is 115 Å². The molecule has 1 aliphatic carbocycles. The van der Waals surface area contributed by atoms with E-state index in [4.69, 9.17) is 19.0 Å². The number of amides is 1. The van der Waals surface area contributed by atoms with Gasteiger partial charge in [0.2, 0.25) is 0 Å². The van der Waals surface area contributed by atoms with Gasteiger partial charge in [0.25, 0.3) is 5.91 Å². The standard InChI is InChI=1S/C23H27NO7/c1-4-15(21(26)27)24-18(25)11-29-17-10-16-14(8-9-23(2,3)31-16)20-19(17)12-6-5-7-13(12)22(28)30-20/h10,15H,4-9,11H2,1-3H3,(H,24,25)(H,26,27)/t15-/m1/s1. The second-order valence-electron chi connectivity index (χ2n) is 8.77. The summed E-state index contributed by atoms with van der Waals surface area (Å²) in [6.45, 7) is 5.31. The van der Waals surface area contributed by atoms with E-state index in [1.807, 2.05) is 13.8 Å². The number of carbonyl (C=O) groups is 2. The van der Waals surface area contributed by atoms with Crippen molar-refractivity contribution < 1.29 is 28.6 Å². The molecule has 1 aliphatic heterocycles. The molecule has 1 amide bonds. The van der Waals surface area contributed by atoms with Gasteiger partial charge in [-0.3, -0.25) is 4.79 Å². The summed E-state index contributed by atoms with van der Waals surface area (Å²) in [6.07, 6.45) is 4.01. The average Bonchev–Trinajstić information content (AvgIpc) is 3.19. The zero-order valence-electron chi connectivity index (χ0n) is 18.0. The van der Waals surface area contributed by atoms with Gasteiger partial charge in [0.05, 0.1) is 5.39 Å². The Hall–Kier alpha value is -3.03. The van der Waals surface area contributed by atoms with Gasteiger partial charge in [-0.05, 0) is 57.9 Å². The number of carbonyl (C=O) groups excluding carboxylic acids is 1. The minimum atomic E-state index is -1.09. The number of hydrogen-bond donors (Lipinski definition) is 2. The molecule has 31 heavy (non-hydrogen) atoms. The molecule has 0 saturated heterocycles. The highest BCUT2D eigenvalue weighted by molar-refractivity contribution is 5.93. The van der Waals surface area contributed by atoms with Crippen LogP contribution in [0.4, 0.5) is 0 Å². The lowest BCUT2D eigenvalue weighted by Gasteiger charge is -2.33. The van der Waals surface area contributed by atoms with Gasteiger partial charge in [0.15, 0.2) is 6.61 Å². The van der Waals surface area contributed by atoms with Crippen molar-refractivity contribution in [1.29, 1.82) is 0 Å². The number of nitrogens with one attached hydrogen (secondary N) is 1. The molecule has 0 fully saturated rings. The lowest BCUT2D eigenvalue weighted by atomic mass is 9.91. The minimum Gasteiger partial charge on any atom is -0.487 e. The largest absolute Gasteiger partial charge is 0.487 e. The normalized spacial score (nSPS) is 17.4. The van der Waals surface area contributed by atoms with Crippen LogP contribution < -0.4 is 20.4 Å². The van der Waals surface area contributed by atoms with Crippen LogP contribution in [0, 0.1) is 0 Å². The molecule has 1 aromatic carbocycles. The summed E-state index contributed by atoms with van der Waals surface area (Å²) >= 11 is 0. The van der Waals surface area contributed by atoms with Gasteiger partial charge in [-0.15, -0.1) is 0 Å². The van der Waals surface area contributed by atoms with E-state index in [9.17, 15) is 14.4 Å². The number of aryl methyl sites for hydroxylation is 2.